The number of esters is 1. The van der Waals surface area contributed by atoms with E-state index < -0.39 is 11.8 Å². The highest BCUT2D eigenvalue weighted by Gasteiger charge is 2.10. The molecule has 0 atom stereocenters. The van der Waals surface area contributed by atoms with Crippen molar-refractivity contribution in [2.75, 3.05) is 12.4 Å². The van der Waals surface area contributed by atoms with Gasteiger partial charge in [-0.1, -0.05) is 6.07 Å². The van der Waals surface area contributed by atoms with Gasteiger partial charge in [-0.15, -0.1) is 0 Å². The maximum atomic E-state index is 13.7. The lowest BCUT2D eigenvalue weighted by atomic mass is 10.1. The van der Waals surface area contributed by atoms with Gasteiger partial charge in [0.1, 0.15) is 5.82 Å². The van der Waals surface area contributed by atoms with E-state index in [1.165, 1.54) is 37.4 Å². The van der Waals surface area contributed by atoms with Gasteiger partial charge in [-0.25, -0.2) is 9.18 Å². The molecule has 0 spiro atoms. The van der Waals surface area contributed by atoms with E-state index >= 15 is 0 Å². The molecule has 110 valence electrons. The maximum Gasteiger partial charge on any atom is 0.337 e. The molecule has 3 N–H and O–H groups in total. The molecule has 21 heavy (non-hydrogen) atoms. The fourth-order valence-electron chi connectivity index (χ4n) is 1.78. The van der Waals surface area contributed by atoms with Gasteiger partial charge in [0.25, 0.3) is 0 Å². The van der Waals surface area contributed by atoms with Crippen LogP contribution in [0.2, 0.25) is 0 Å². The molecule has 0 amide bonds. The number of aromatic hydroxyl groups is 2. The third-order valence-electron chi connectivity index (χ3n) is 2.91. The lowest BCUT2D eigenvalue weighted by Crippen LogP contribution is -2.05. The number of phenols is 2. The van der Waals surface area contributed by atoms with Crippen molar-refractivity contribution in [1.82, 2.24) is 0 Å². The van der Waals surface area contributed by atoms with Gasteiger partial charge in [-0.2, -0.15) is 0 Å². The van der Waals surface area contributed by atoms with Crippen LogP contribution in [0, 0.1) is 5.82 Å². The highest BCUT2D eigenvalue weighted by atomic mass is 19.1. The van der Waals surface area contributed by atoms with Crippen LogP contribution in [0.15, 0.2) is 36.4 Å². The lowest BCUT2D eigenvalue weighted by Gasteiger charge is -2.10. The van der Waals surface area contributed by atoms with Crippen LogP contribution < -0.4 is 5.32 Å². The Morgan fingerprint density at radius 3 is 2.62 bits per heavy atom. The predicted molar refractivity (Wildman–Crippen MR) is 74.8 cm³/mol. The van der Waals surface area contributed by atoms with Gasteiger partial charge in [-0.05, 0) is 35.9 Å². The summed E-state index contributed by atoms with van der Waals surface area (Å²) in [6.45, 7) is 0.218. The van der Waals surface area contributed by atoms with Gasteiger partial charge in [0.2, 0.25) is 0 Å². The standard InChI is InChI=1S/C15H14FNO4/c1-21-15(20)10-3-4-11(16)12(7-10)17-8-9-2-5-13(18)14(19)6-9/h2-7,17-19H,8H2,1H3. The van der Waals surface area contributed by atoms with Crippen molar-refractivity contribution in [3.63, 3.8) is 0 Å². The number of carbonyl (C=O) groups is 1. The molecule has 0 aliphatic heterocycles. The van der Waals surface area contributed by atoms with E-state index in [1.807, 2.05) is 0 Å². The molecule has 6 heteroatoms. The maximum absolute atomic E-state index is 13.7. The summed E-state index contributed by atoms with van der Waals surface area (Å²) in [7, 11) is 1.25. The number of methoxy groups -OCH3 is 1. The fourth-order valence-corrected chi connectivity index (χ4v) is 1.78. The molecule has 2 aromatic carbocycles. The zero-order chi connectivity index (χ0) is 15.4. The Morgan fingerprint density at radius 2 is 1.95 bits per heavy atom. The largest absolute Gasteiger partial charge is 0.504 e. The van der Waals surface area contributed by atoms with Gasteiger partial charge in [0, 0.05) is 6.54 Å². The van der Waals surface area contributed by atoms with Crippen LogP contribution in [-0.2, 0) is 11.3 Å². The molecule has 0 saturated heterocycles. The summed E-state index contributed by atoms with van der Waals surface area (Å²) in [5.41, 5.74) is 1.02. The van der Waals surface area contributed by atoms with Crippen molar-refractivity contribution in [2.24, 2.45) is 0 Å². The van der Waals surface area contributed by atoms with Crippen molar-refractivity contribution < 1.29 is 24.1 Å². The summed E-state index contributed by atoms with van der Waals surface area (Å²) < 4.78 is 18.3. The summed E-state index contributed by atoms with van der Waals surface area (Å²) >= 11 is 0. The van der Waals surface area contributed by atoms with Crippen molar-refractivity contribution in [3.05, 3.63) is 53.3 Å². The monoisotopic (exact) mass is 291 g/mol. The number of nitrogens with one attached hydrogen (secondary N) is 1. The number of benzene rings is 2. The Balaban J connectivity index is 2.15. The highest BCUT2D eigenvalue weighted by Crippen LogP contribution is 2.25. The Labute approximate surface area is 120 Å². The van der Waals surface area contributed by atoms with Crippen LogP contribution in [0.5, 0.6) is 11.5 Å². The third kappa shape index (κ3) is 3.42. The number of ether oxygens (including phenoxy) is 1. The molecule has 2 aromatic rings. The van der Waals surface area contributed by atoms with E-state index in [4.69, 9.17) is 0 Å². The first-order valence-corrected chi connectivity index (χ1v) is 6.14. The van der Waals surface area contributed by atoms with Gasteiger partial charge in [-0.3, -0.25) is 0 Å². The summed E-state index contributed by atoms with van der Waals surface area (Å²) in [5.74, 6) is -1.54. The SMILES string of the molecule is COC(=O)c1ccc(F)c(NCc2ccc(O)c(O)c2)c1. The zero-order valence-electron chi connectivity index (χ0n) is 11.3. The average molecular weight is 291 g/mol. The van der Waals surface area contributed by atoms with Crippen molar-refractivity contribution in [1.29, 1.82) is 0 Å². The van der Waals surface area contributed by atoms with E-state index in [1.54, 1.807) is 6.07 Å². The fraction of sp³-hybridized carbons (Fsp3) is 0.133. The predicted octanol–water partition coefficient (Wildman–Crippen LogP) is 2.64. The van der Waals surface area contributed by atoms with E-state index in [-0.39, 0.29) is 29.3 Å². The Morgan fingerprint density at radius 1 is 1.19 bits per heavy atom. The summed E-state index contributed by atoms with van der Waals surface area (Å²) in [6, 6.07) is 8.14. The van der Waals surface area contributed by atoms with Crippen LogP contribution in [0.1, 0.15) is 15.9 Å². The van der Waals surface area contributed by atoms with E-state index in [0.29, 0.717) is 5.56 Å². The first kappa shape index (κ1) is 14.6. The Bertz CT molecular complexity index is 673. The molecule has 0 aliphatic rings. The van der Waals surface area contributed by atoms with Crippen molar-refractivity contribution in [2.45, 2.75) is 6.54 Å². The molecule has 2 rings (SSSR count). The smallest absolute Gasteiger partial charge is 0.337 e. The molecular formula is C15H14FNO4. The van der Waals surface area contributed by atoms with Gasteiger partial charge in [0.15, 0.2) is 11.5 Å². The Hall–Kier alpha value is -2.76. The second-order valence-electron chi connectivity index (χ2n) is 4.36. The second-order valence-corrected chi connectivity index (χ2v) is 4.36. The molecule has 0 fully saturated rings. The Kier molecular flexibility index (Phi) is 4.27. The zero-order valence-corrected chi connectivity index (χ0v) is 11.3. The first-order valence-electron chi connectivity index (χ1n) is 6.14. The first-order chi connectivity index (χ1) is 10.0. The van der Waals surface area contributed by atoms with Crippen LogP contribution in [0.4, 0.5) is 10.1 Å². The topological polar surface area (TPSA) is 78.8 Å². The van der Waals surface area contributed by atoms with Crippen molar-refractivity contribution >= 4 is 11.7 Å². The van der Waals surface area contributed by atoms with Crippen LogP contribution in [0.3, 0.4) is 0 Å². The molecule has 0 bridgehead atoms. The lowest BCUT2D eigenvalue weighted by molar-refractivity contribution is 0.0600. The van der Waals surface area contributed by atoms with E-state index in [2.05, 4.69) is 10.1 Å². The quantitative estimate of drug-likeness (QED) is 0.596. The summed E-state index contributed by atoms with van der Waals surface area (Å²) in [5, 5.41) is 21.4. The van der Waals surface area contributed by atoms with Crippen LogP contribution in [0.25, 0.3) is 0 Å². The summed E-state index contributed by atoms with van der Waals surface area (Å²) in [4.78, 5) is 11.4. The minimum absolute atomic E-state index is 0.144. The third-order valence-corrected chi connectivity index (χ3v) is 2.91. The van der Waals surface area contributed by atoms with Crippen LogP contribution in [-0.4, -0.2) is 23.3 Å². The number of anilines is 1. The molecule has 0 radical (unpaired) electrons. The van der Waals surface area contributed by atoms with Gasteiger partial charge < -0.3 is 20.3 Å². The number of hydrogen-bond acceptors (Lipinski definition) is 5. The van der Waals surface area contributed by atoms with Gasteiger partial charge >= 0.3 is 5.97 Å². The molecule has 5 nitrogen and oxygen atoms in total. The second kappa shape index (κ2) is 6.13. The number of halogens is 1. The molecule has 0 aromatic heterocycles. The molecular weight excluding hydrogens is 277 g/mol. The number of phenolic OH excluding ortho intramolecular Hbond substituents is 2. The van der Waals surface area contributed by atoms with E-state index in [0.717, 1.165) is 0 Å². The normalized spacial score (nSPS) is 10.2. The number of rotatable bonds is 4. The minimum atomic E-state index is -0.555. The molecule has 0 heterocycles. The van der Waals surface area contributed by atoms with Crippen LogP contribution >= 0.6 is 0 Å². The van der Waals surface area contributed by atoms with Gasteiger partial charge in [0.05, 0.1) is 18.4 Å². The summed E-state index contributed by atoms with van der Waals surface area (Å²) in [6.07, 6.45) is 0. The molecule has 0 unspecified atom stereocenters. The minimum Gasteiger partial charge on any atom is -0.504 e. The average Bonchev–Trinajstić information content (AvgIpc) is 2.49. The number of carbonyl (C=O) groups excluding carboxylic acids is 1. The number of hydrogen-bond donors (Lipinski definition) is 3. The molecule has 0 aliphatic carbocycles. The van der Waals surface area contributed by atoms with Crippen molar-refractivity contribution in [3.8, 4) is 11.5 Å². The molecule has 0 saturated carbocycles. The highest BCUT2D eigenvalue weighted by molar-refractivity contribution is 5.90. The van der Waals surface area contributed by atoms with E-state index in [9.17, 15) is 19.4 Å².